The number of nitrogens with zero attached hydrogens (tertiary/aromatic N) is 3. The number of sulfonamides is 1. The van der Waals surface area contributed by atoms with E-state index in [4.69, 9.17) is 0 Å². The Bertz CT molecular complexity index is 1110. The lowest BCUT2D eigenvalue weighted by Crippen LogP contribution is -2.04. The summed E-state index contributed by atoms with van der Waals surface area (Å²) in [6, 6.07) is 12.1. The average molecular weight is 349 g/mol. The van der Waals surface area contributed by atoms with E-state index in [1.807, 2.05) is 24.3 Å². The highest BCUT2D eigenvalue weighted by atomic mass is 32.3. The van der Waals surface area contributed by atoms with Gasteiger partial charge >= 0.3 is 0 Å². The van der Waals surface area contributed by atoms with Crippen molar-refractivity contribution in [2.75, 3.05) is 6.26 Å². The highest BCUT2D eigenvalue weighted by molar-refractivity contribution is 8.03. The Morgan fingerprint density at radius 1 is 1.00 bits per heavy atom. The molecule has 1 heterocycles. The molecule has 0 saturated carbocycles. The van der Waals surface area contributed by atoms with Gasteiger partial charge in [0.25, 0.3) is 10.0 Å². The van der Waals surface area contributed by atoms with Crippen LogP contribution in [-0.4, -0.2) is 28.7 Å². The number of rotatable bonds is 3. The average Bonchev–Trinajstić information content (AvgIpc) is 2.93. The number of hydrogen-bond donors (Lipinski definition) is 0. The van der Waals surface area contributed by atoms with Crippen molar-refractivity contribution in [1.29, 1.82) is 0 Å². The van der Waals surface area contributed by atoms with Gasteiger partial charge in [0.2, 0.25) is 0 Å². The molecule has 0 aliphatic heterocycles. The Balaban J connectivity index is 2.13. The SMILES string of the molecule is Cn1cc(S(C)(=O)=NS(=O)(=O)c2ccc3ccccc3c2)cn1. The van der Waals surface area contributed by atoms with Crippen molar-refractivity contribution in [1.82, 2.24) is 9.78 Å². The number of aryl methyl sites for hydroxylation is 1. The van der Waals surface area contributed by atoms with Gasteiger partial charge in [-0.1, -0.05) is 30.3 Å². The Kier molecular flexibility index (Phi) is 3.73. The molecule has 23 heavy (non-hydrogen) atoms. The zero-order valence-corrected chi connectivity index (χ0v) is 14.2. The molecule has 3 rings (SSSR count). The van der Waals surface area contributed by atoms with E-state index < -0.39 is 19.8 Å². The molecule has 0 radical (unpaired) electrons. The van der Waals surface area contributed by atoms with Crippen LogP contribution < -0.4 is 0 Å². The van der Waals surface area contributed by atoms with Gasteiger partial charge in [0.15, 0.2) is 0 Å². The summed E-state index contributed by atoms with van der Waals surface area (Å²) in [4.78, 5) is 0.305. The molecular weight excluding hydrogens is 334 g/mol. The first kappa shape index (κ1) is 15.7. The normalized spacial score (nSPS) is 14.5. The quantitative estimate of drug-likeness (QED) is 0.727. The van der Waals surface area contributed by atoms with Crippen molar-refractivity contribution in [3.63, 3.8) is 0 Å². The standard InChI is InChI=1S/C15H15N3O3S2/c1-18-11-15(10-16-18)22(2,19)17-23(20,21)14-8-7-12-5-3-4-6-13(12)9-14/h3-11H,1-2H3. The molecule has 0 aliphatic carbocycles. The fraction of sp³-hybridized carbons (Fsp3) is 0.133. The highest BCUT2D eigenvalue weighted by Crippen LogP contribution is 2.22. The third kappa shape index (κ3) is 3.13. The third-order valence-corrected chi connectivity index (χ3v) is 7.24. The number of fused-ring (bicyclic) bond motifs is 1. The highest BCUT2D eigenvalue weighted by Gasteiger charge is 2.18. The van der Waals surface area contributed by atoms with Gasteiger partial charge in [-0.05, 0) is 22.9 Å². The van der Waals surface area contributed by atoms with E-state index in [1.165, 1.54) is 35.5 Å². The lowest BCUT2D eigenvalue weighted by atomic mass is 10.1. The number of aromatic nitrogens is 2. The van der Waals surface area contributed by atoms with E-state index in [0.29, 0.717) is 0 Å². The molecule has 3 aromatic rings. The van der Waals surface area contributed by atoms with Crippen LogP contribution in [0, 0.1) is 0 Å². The van der Waals surface area contributed by atoms with E-state index in [1.54, 1.807) is 13.1 Å². The molecule has 6 nitrogen and oxygen atoms in total. The summed E-state index contributed by atoms with van der Waals surface area (Å²) in [5, 5.41) is 5.62. The van der Waals surface area contributed by atoms with Crippen LogP contribution in [0.5, 0.6) is 0 Å². The second kappa shape index (κ2) is 5.47. The Labute approximate surface area is 135 Å². The van der Waals surface area contributed by atoms with E-state index in [-0.39, 0.29) is 9.79 Å². The summed E-state index contributed by atoms with van der Waals surface area (Å²) in [5.74, 6) is 0. The largest absolute Gasteiger partial charge is 0.290 e. The molecule has 1 atom stereocenters. The first-order valence-corrected chi connectivity index (χ1v) is 10.1. The molecule has 0 aliphatic rings. The van der Waals surface area contributed by atoms with Crippen molar-refractivity contribution < 1.29 is 12.6 Å². The molecule has 0 fully saturated rings. The predicted molar refractivity (Wildman–Crippen MR) is 89.1 cm³/mol. The zero-order chi connectivity index (χ0) is 16.7. The molecule has 8 heteroatoms. The molecule has 1 aromatic heterocycles. The van der Waals surface area contributed by atoms with Crippen molar-refractivity contribution in [2.24, 2.45) is 10.8 Å². The van der Waals surface area contributed by atoms with E-state index in [2.05, 4.69) is 8.87 Å². The fourth-order valence-electron chi connectivity index (χ4n) is 2.20. The van der Waals surface area contributed by atoms with E-state index >= 15 is 0 Å². The molecule has 2 aromatic carbocycles. The Hall–Kier alpha value is -2.19. The van der Waals surface area contributed by atoms with Crippen molar-refractivity contribution >= 4 is 30.5 Å². The van der Waals surface area contributed by atoms with Crippen molar-refractivity contribution in [2.45, 2.75) is 9.79 Å². The van der Waals surface area contributed by atoms with Gasteiger partial charge in [0.1, 0.15) is 0 Å². The fourth-order valence-corrected chi connectivity index (χ4v) is 5.49. The maximum absolute atomic E-state index is 12.7. The van der Waals surface area contributed by atoms with Crippen LogP contribution in [0.2, 0.25) is 0 Å². The maximum Gasteiger partial charge on any atom is 0.290 e. The molecule has 0 bridgehead atoms. The van der Waals surface area contributed by atoms with Gasteiger partial charge in [-0.2, -0.15) is 13.5 Å². The minimum absolute atomic E-state index is 0.0228. The smallest absolute Gasteiger partial charge is 0.275 e. The van der Waals surface area contributed by atoms with Crippen molar-refractivity contribution in [3.8, 4) is 0 Å². The van der Waals surface area contributed by atoms with Gasteiger partial charge < -0.3 is 0 Å². The molecule has 120 valence electrons. The van der Waals surface area contributed by atoms with E-state index in [0.717, 1.165) is 10.8 Å². The molecule has 0 amide bonds. The third-order valence-electron chi connectivity index (χ3n) is 3.38. The predicted octanol–water partition coefficient (Wildman–Crippen LogP) is 2.42. The van der Waals surface area contributed by atoms with Crippen LogP contribution in [0.15, 0.2) is 68.4 Å². The molecule has 1 unspecified atom stereocenters. The van der Waals surface area contributed by atoms with Crippen LogP contribution >= 0.6 is 0 Å². The summed E-state index contributed by atoms with van der Waals surface area (Å²) in [5.41, 5.74) is 0. The Morgan fingerprint density at radius 3 is 2.35 bits per heavy atom. The van der Waals surface area contributed by atoms with Gasteiger partial charge in [-0.15, -0.1) is 3.77 Å². The first-order valence-electron chi connectivity index (χ1n) is 6.74. The molecule has 0 spiro atoms. The zero-order valence-electron chi connectivity index (χ0n) is 12.6. The van der Waals surface area contributed by atoms with Crippen LogP contribution in [0.3, 0.4) is 0 Å². The summed E-state index contributed by atoms with van der Waals surface area (Å²) >= 11 is 0. The summed E-state index contributed by atoms with van der Waals surface area (Å²) in [6.45, 7) is 0. The summed E-state index contributed by atoms with van der Waals surface area (Å²) in [7, 11) is -5.47. The van der Waals surface area contributed by atoms with Crippen molar-refractivity contribution in [3.05, 3.63) is 54.9 Å². The van der Waals surface area contributed by atoms with Gasteiger partial charge in [0, 0.05) is 19.5 Å². The topological polar surface area (TPSA) is 81.4 Å². The summed E-state index contributed by atoms with van der Waals surface area (Å²) < 4.78 is 42.8. The lowest BCUT2D eigenvalue weighted by molar-refractivity contribution is 0.598. The Morgan fingerprint density at radius 2 is 1.70 bits per heavy atom. The lowest BCUT2D eigenvalue weighted by Gasteiger charge is -2.04. The van der Waals surface area contributed by atoms with Crippen LogP contribution in [0.1, 0.15) is 0 Å². The minimum Gasteiger partial charge on any atom is -0.275 e. The molecule has 0 saturated heterocycles. The minimum atomic E-state index is -4.04. The maximum atomic E-state index is 12.7. The second-order valence-corrected chi connectivity index (χ2v) is 9.31. The number of benzene rings is 2. The van der Waals surface area contributed by atoms with Crippen LogP contribution in [0.4, 0.5) is 0 Å². The molecule has 0 N–H and O–H groups in total. The molecular formula is C15H15N3O3S2. The van der Waals surface area contributed by atoms with Crippen LogP contribution in [0.25, 0.3) is 10.8 Å². The van der Waals surface area contributed by atoms with Gasteiger partial charge in [0.05, 0.1) is 25.7 Å². The van der Waals surface area contributed by atoms with Gasteiger partial charge in [-0.25, -0.2) is 4.21 Å². The number of hydrogen-bond acceptors (Lipinski definition) is 4. The van der Waals surface area contributed by atoms with E-state index in [9.17, 15) is 12.6 Å². The van der Waals surface area contributed by atoms with Gasteiger partial charge in [-0.3, -0.25) is 4.68 Å². The summed E-state index contributed by atoms with van der Waals surface area (Å²) in [6.07, 6.45) is 4.16. The van der Waals surface area contributed by atoms with Crippen LogP contribution in [-0.2, 0) is 26.8 Å². The first-order chi connectivity index (χ1) is 10.8. The second-order valence-electron chi connectivity index (χ2n) is 5.21. The monoisotopic (exact) mass is 349 g/mol.